The van der Waals surface area contributed by atoms with Crippen LogP contribution in [0.3, 0.4) is 0 Å². The number of alkyl halides is 3. The highest BCUT2D eigenvalue weighted by molar-refractivity contribution is 4.82. The normalized spacial score (nSPS) is 23.2. The van der Waals surface area contributed by atoms with Gasteiger partial charge in [0.05, 0.1) is 0 Å². The Hall–Kier alpha value is -0.290. The fourth-order valence-corrected chi connectivity index (χ4v) is 2.02. The minimum Gasteiger partial charge on any atom is -0.313 e. The Morgan fingerprint density at radius 1 is 1.38 bits per heavy atom. The van der Waals surface area contributed by atoms with Gasteiger partial charge in [-0.05, 0) is 39.8 Å². The van der Waals surface area contributed by atoms with Gasteiger partial charge < -0.3 is 5.32 Å². The fourth-order valence-electron chi connectivity index (χ4n) is 2.02. The van der Waals surface area contributed by atoms with Crippen LogP contribution in [0.2, 0.25) is 0 Å². The van der Waals surface area contributed by atoms with Crippen molar-refractivity contribution in [2.45, 2.75) is 51.4 Å². The number of rotatable bonds is 5. The zero-order valence-electron chi connectivity index (χ0n) is 9.98. The molecule has 0 amide bonds. The first-order chi connectivity index (χ1) is 7.38. The number of hydrogen-bond donors (Lipinski definition) is 1. The molecule has 0 bridgehead atoms. The third-order valence-corrected chi connectivity index (χ3v) is 3.02. The summed E-state index contributed by atoms with van der Waals surface area (Å²) in [6.45, 7) is 6.77. The van der Waals surface area contributed by atoms with Crippen molar-refractivity contribution in [1.29, 1.82) is 0 Å². The lowest BCUT2D eigenvalue weighted by Gasteiger charge is -2.20. The number of hydrogen-bond acceptors (Lipinski definition) is 2. The Bertz CT molecular complexity index is 204. The molecule has 1 rings (SSSR count). The third kappa shape index (κ3) is 5.16. The van der Waals surface area contributed by atoms with E-state index in [-0.39, 0.29) is 6.42 Å². The Balaban J connectivity index is 2.07. The summed E-state index contributed by atoms with van der Waals surface area (Å²) in [4.78, 5) is 2.35. The lowest BCUT2D eigenvalue weighted by atomic mass is 10.2. The van der Waals surface area contributed by atoms with E-state index in [2.05, 4.69) is 24.1 Å². The summed E-state index contributed by atoms with van der Waals surface area (Å²) in [5, 5.41) is 3.20. The molecule has 2 nitrogen and oxygen atoms in total. The molecule has 5 heteroatoms. The Morgan fingerprint density at radius 3 is 2.56 bits per heavy atom. The summed E-state index contributed by atoms with van der Waals surface area (Å²) in [5.41, 5.74) is 0. The Morgan fingerprint density at radius 2 is 2.06 bits per heavy atom. The molecule has 0 aromatic rings. The summed E-state index contributed by atoms with van der Waals surface area (Å²) >= 11 is 0. The molecular formula is C11H21F3N2. The van der Waals surface area contributed by atoms with Gasteiger partial charge in [-0.1, -0.05) is 0 Å². The maximum Gasteiger partial charge on any atom is 0.389 e. The second-order valence-electron chi connectivity index (χ2n) is 4.75. The van der Waals surface area contributed by atoms with E-state index in [1.54, 1.807) is 0 Å². The number of nitrogens with zero attached hydrogens (tertiary/aromatic N) is 1. The zero-order valence-corrected chi connectivity index (χ0v) is 9.98. The van der Waals surface area contributed by atoms with E-state index in [1.165, 1.54) is 0 Å². The molecular weight excluding hydrogens is 217 g/mol. The molecule has 1 heterocycles. The van der Waals surface area contributed by atoms with E-state index in [9.17, 15) is 13.2 Å². The Kier molecular flexibility index (Phi) is 5.05. The van der Waals surface area contributed by atoms with Crippen LogP contribution in [0.25, 0.3) is 0 Å². The first-order valence-corrected chi connectivity index (χ1v) is 5.92. The molecule has 1 N–H and O–H groups in total. The minimum atomic E-state index is -4.01. The summed E-state index contributed by atoms with van der Waals surface area (Å²) in [6, 6.07) is 0.901. The van der Waals surface area contributed by atoms with Crippen molar-refractivity contribution in [3.8, 4) is 0 Å². The van der Waals surface area contributed by atoms with Gasteiger partial charge in [0.1, 0.15) is 0 Å². The van der Waals surface area contributed by atoms with Crippen molar-refractivity contribution in [3.05, 3.63) is 0 Å². The molecule has 1 aliphatic rings. The SMILES string of the molecule is CC(C)N1CCC(NCCCC(F)(F)F)C1. The molecule has 0 aromatic carbocycles. The van der Waals surface area contributed by atoms with E-state index in [4.69, 9.17) is 0 Å². The Labute approximate surface area is 95.2 Å². The van der Waals surface area contributed by atoms with Crippen molar-refractivity contribution < 1.29 is 13.2 Å². The quantitative estimate of drug-likeness (QED) is 0.740. The van der Waals surface area contributed by atoms with Crippen LogP contribution in [0.1, 0.15) is 33.1 Å². The van der Waals surface area contributed by atoms with Crippen LogP contribution in [-0.4, -0.2) is 42.8 Å². The molecule has 96 valence electrons. The van der Waals surface area contributed by atoms with E-state index in [0.717, 1.165) is 19.5 Å². The monoisotopic (exact) mass is 238 g/mol. The van der Waals surface area contributed by atoms with Crippen LogP contribution in [0.4, 0.5) is 13.2 Å². The minimum absolute atomic E-state index is 0.182. The third-order valence-electron chi connectivity index (χ3n) is 3.02. The van der Waals surface area contributed by atoms with Crippen LogP contribution in [0.5, 0.6) is 0 Å². The molecule has 1 unspecified atom stereocenters. The van der Waals surface area contributed by atoms with Crippen LogP contribution in [-0.2, 0) is 0 Å². The number of likely N-dealkylation sites (tertiary alicyclic amines) is 1. The molecule has 0 aromatic heterocycles. The average molecular weight is 238 g/mol. The lowest BCUT2D eigenvalue weighted by Crippen LogP contribution is -2.35. The van der Waals surface area contributed by atoms with Crippen LogP contribution < -0.4 is 5.32 Å². The lowest BCUT2D eigenvalue weighted by molar-refractivity contribution is -0.135. The van der Waals surface area contributed by atoms with Crippen molar-refractivity contribution in [2.24, 2.45) is 0 Å². The topological polar surface area (TPSA) is 15.3 Å². The molecule has 1 fully saturated rings. The maximum absolute atomic E-state index is 11.9. The van der Waals surface area contributed by atoms with Crippen molar-refractivity contribution >= 4 is 0 Å². The second kappa shape index (κ2) is 5.87. The first-order valence-electron chi connectivity index (χ1n) is 5.92. The van der Waals surface area contributed by atoms with E-state index in [0.29, 0.717) is 18.6 Å². The predicted molar refractivity (Wildman–Crippen MR) is 58.4 cm³/mol. The predicted octanol–water partition coefficient (Wildman–Crippen LogP) is 2.40. The number of halogens is 3. The van der Waals surface area contributed by atoms with Gasteiger partial charge in [0.15, 0.2) is 0 Å². The highest BCUT2D eigenvalue weighted by Crippen LogP contribution is 2.21. The van der Waals surface area contributed by atoms with Gasteiger partial charge in [-0.2, -0.15) is 13.2 Å². The van der Waals surface area contributed by atoms with Crippen LogP contribution >= 0.6 is 0 Å². The summed E-state index contributed by atoms with van der Waals surface area (Å²) in [6.07, 6.45) is -3.46. The first kappa shape index (κ1) is 13.8. The van der Waals surface area contributed by atoms with Gasteiger partial charge in [-0.15, -0.1) is 0 Å². The molecule has 0 aliphatic carbocycles. The van der Waals surface area contributed by atoms with Gasteiger partial charge in [-0.3, -0.25) is 4.90 Å². The average Bonchev–Trinajstić information content (AvgIpc) is 2.59. The molecule has 0 spiro atoms. The molecule has 1 aliphatic heterocycles. The molecule has 0 saturated carbocycles. The van der Waals surface area contributed by atoms with Crippen LogP contribution in [0, 0.1) is 0 Å². The van der Waals surface area contributed by atoms with Gasteiger partial charge in [0, 0.05) is 25.0 Å². The molecule has 16 heavy (non-hydrogen) atoms. The van der Waals surface area contributed by atoms with Gasteiger partial charge in [0.25, 0.3) is 0 Å². The van der Waals surface area contributed by atoms with Crippen molar-refractivity contribution in [3.63, 3.8) is 0 Å². The summed E-state index contributed by atoms with van der Waals surface area (Å²) < 4.78 is 35.7. The van der Waals surface area contributed by atoms with Crippen molar-refractivity contribution in [1.82, 2.24) is 10.2 Å². The smallest absolute Gasteiger partial charge is 0.313 e. The standard InChI is InChI=1S/C11H21F3N2/c1-9(2)16-7-4-10(8-16)15-6-3-5-11(12,13)14/h9-10,15H,3-8H2,1-2H3. The van der Waals surface area contributed by atoms with Crippen molar-refractivity contribution in [2.75, 3.05) is 19.6 Å². The zero-order chi connectivity index (χ0) is 12.2. The van der Waals surface area contributed by atoms with Gasteiger partial charge >= 0.3 is 6.18 Å². The van der Waals surface area contributed by atoms with Crippen LogP contribution in [0.15, 0.2) is 0 Å². The largest absolute Gasteiger partial charge is 0.389 e. The maximum atomic E-state index is 11.9. The van der Waals surface area contributed by atoms with E-state index < -0.39 is 12.6 Å². The number of nitrogens with one attached hydrogen (secondary N) is 1. The summed E-state index contributed by atoms with van der Waals surface area (Å²) in [7, 11) is 0. The molecule has 0 radical (unpaired) electrons. The summed E-state index contributed by atoms with van der Waals surface area (Å²) in [5.74, 6) is 0. The van der Waals surface area contributed by atoms with Gasteiger partial charge in [0.2, 0.25) is 0 Å². The molecule has 1 atom stereocenters. The van der Waals surface area contributed by atoms with Gasteiger partial charge in [-0.25, -0.2) is 0 Å². The van der Waals surface area contributed by atoms with E-state index >= 15 is 0 Å². The highest BCUT2D eigenvalue weighted by atomic mass is 19.4. The molecule has 1 saturated heterocycles. The highest BCUT2D eigenvalue weighted by Gasteiger charge is 2.27. The fraction of sp³-hybridized carbons (Fsp3) is 1.00. The second-order valence-corrected chi connectivity index (χ2v) is 4.75. The van der Waals surface area contributed by atoms with E-state index in [1.807, 2.05) is 0 Å².